The van der Waals surface area contributed by atoms with E-state index in [4.69, 9.17) is 4.98 Å². The Morgan fingerprint density at radius 1 is 1.16 bits per heavy atom. The van der Waals surface area contributed by atoms with Crippen LogP contribution in [0.15, 0.2) is 79.8 Å². The molecule has 0 aliphatic rings. The molecule has 0 fully saturated rings. The smallest absolute Gasteiger partial charge is 0.226 e. The summed E-state index contributed by atoms with van der Waals surface area (Å²) >= 11 is 0. The number of nitrogens with zero attached hydrogens (tertiary/aromatic N) is 3. The van der Waals surface area contributed by atoms with Crippen LogP contribution in [-0.2, 0) is 4.79 Å². The quantitative estimate of drug-likeness (QED) is 0.221. The van der Waals surface area contributed by atoms with Gasteiger partial charge in [-0.2, -0.15) is 5.10 Å². The van der Waals surface area contributed by atoms with E-state index in [1.165, 1.54) is 0 Å². The van der Waals surface area contributed by atoms with Crippen molar-refractivity contribution in [1.29, 1.82) is 0 Å². The number of hydrogen-bond donors (Lipinski definition) is 4. The van der Waals surface area contributed by atoms with Gasteiger partial charge < -0.3 is 15.6 Å². The number of hydrogen-bond acceptors (Lipinski definition) is 5. The van der Waals surface area contributed by atoms with Gasteiger partial charge in [0, 0.05) is 41.4 Å². The highest BCUT2D eigenvalue weighted by Gasteiger charge is 2.18. The minimum Gasteiger partial charge on any atom is -0.394 e. The van der Waals surface area contributed by atoms with Crippen molar-refractivity contribution in [3.63, 3.8) is 0 Å². The molecule has 0 aliphatic heterocycles. The summed E-state index contributed by atoms with van der Waals surface area (Å²) < 4.78 is 0. The van der Waals surface area contributed by atoms with E-state index < -0.39 is 0 Å². The predicted octanol–water partition coefficient (Wildman–Crippen LogP) is 5.78. The molecule has 0 atom stereocenters. The van der Waals surface area contributed by atoms with Crippen LogP contribution >= 0.6 is 0 Å². The van der Waals surface area contributed by atoms with Gasteiger partial charge in [-0.1, -0.05) is 45.2 Å². The molecule has 0 saturated carbocycles. The fourth-order valence-electron chi connectivity index (χ4n) is 3.89. The molecule has 1 amide bonds. The zero-order chi connectivity index (χ0) is 26.5. The third-order valence-corrected chi connectivity index (χ3v) is 5.87. The Morgan fingerprint density at radius 3 is 2.70 bits per heavy atom. The lowest BCUT2D eigenvalue weighted by atomic mass is 10.0. The molecule has 3 aromatic heterocycles. The van der Waals surface area contributed by atoms with E-state index in [0.29, 0.717) is 17.2 Å². The summed E-state index contributed by atoms with van der Waals surface area (Å²) in [6.07, 6.45) is 10.8. The summed E-state index contributed by atoms with van der Waals surface area (Å²) in [5.41, 5.74) is 7.44. The van der Waals surface area contributed by atoms with Crippen molar-refractivity contribution in [2.75, 3.05) is 12.4 Å². The van der Waals surface area contributed by atoms with Gasteiger partial charge in [0.25, 0.3) is 0 Å². The zero-order valence-corrected chi connectivity index (χ0v) is 21.5. The monoisotopic (exact) mass is 493 g/mol. The fraction of sp³-hybridized carbons (Fsp3) is 0.172. The van der Waals surface area contributed by atoms with Gasteiger partial charge >= 0.3 is 0 Å². The first-order valence-electron chi connectivity index (χ1n) is 12.0. The number of fused-ring (bicyclic) bond motifs is 1. The molecule has 4 aromatic rings. The van der Waals surface area contributed by atoms with Crippen LogP contribution in [-0.4, -0.2) is 38.1 Å². The van der Waals surface area contributed by atoms with E-state index in [9.17, 15) is 4.79 Å². The molecule has 188 valence electrons. The second kappa shape index (κ2) is 10.9. The zero-order valence-electron chi connectivity index (χ0n) is 21.5. The number of carbonyl (C=O) groups is 1. The summed E-state index contributed by atoms with van der Waals surface area (Å²) in [6.45, 7) is 13.7. The summed E-state index contributed by atoms with van der Waals surface area (Å²) in [5, 5.41) is 14.5. The first-order chi connectivity index (χ1) is 17.8. The van der Waals surface area contributed by atoms with Gasteiger partial charge in [-0.05, 0) is 48.5 Å². The van der Waals surface area contributed by atoms with Crippen molar-refractivity contribution < 1.29 is 4.79 Å². The van der Waals surface area contributed by atoms with Crippen LogP contribution in [0.25, 0.3) is 39.1 Å². The number of carbonyl (C=O) groups excluding carboxylic acids is 1. The minimum absolute atomic E-state index is 0.0514. The van der Waals surface area contributed by atoms with E-state index in [0.717, 1.165) is 44.6 Å². The number of aromatic nitrogens is 5. The Labute approximate surface area is 216 Å². The number of nitrogens with one attached hydrogen (secondary N) is 4. The molecule has 0 unspecified atom stereocenters. The van der Waals surface area contributed by atoms with Gasteiger partial charge in [0.05, 0.1) is 23.1 Å². The fourth-order valence-corrected chi connectivity index (χ4v) is 3.89. The van der Waals surface area contributed by atoms with Gasteiger partial charge in [-0.25, -0.2) is 4.98 Å². The molecular formula is C29H31N7O. The maximum atomic E-state index is 12.1. The molecular weight excluding hydrogens is 462 g/mol. The lowest BCUT2D eigenvalue weighted by Gasteiger charge is -2.09. The van der Waals surface area contributed by atoms with Crippen LogP contribution in [0.5, 0.6) is 0 Å². The minimum atomic E-state index is -0.117. The second-order valence-electron chi connectivity index (χ2n) is 8.96. The number of benzene rings is 1. The normalized spacial score (nSPS) is 11.9. The van der Waals surface area contributed by atoms with Crippen molar-refractivity contribution in [1.82, 2.24) is 30.5 Å². The Morgan fingerprint density at radius 2 is 1.97 bits per heavy atom. The highest BCUT2D eigenvalue weighted by atomic mass is 16.1. The van der Waals surface area contributed by atoms with Crippen molar-refractivity contribution in [3.8, 4) is 22.6 Å². The van der Waals surface area contributed by atoms with Crippen molar-refractivity contribution in [3.05, 3.63) is 91.2 Å². The number of aromatic amines is 2. The lowest BCUT2D eigenvalue weighted by Crippen LogP contribution is -2.17. The van der Waals surface area contributed by atoms with Crippen molar-refractivity contribution in [2.45, 2.75) is 20.8 Å². The van der Waals surface area contributed by atoms with E-state index >= 15 is 0 Å². The highest BCUT2D eigenvalue weighted by Crippen LogP contribution is 2.32. The van der Waals surface area contributed by atoms with Crippen molar-refractivity contribution in [2.24, 2.45) is 5.92 Å². The third-order valence-electron chi connectivity index (χ3n) is 5.87. The van der Waals surface area contributed by atoms with Gasteiger partial charge in [-0.3, -0.25) is 14.9 Å². The van der Waals surface area contributed by atoms with Crippen LogP contribution in [0.4, 0.5) is 5.69 Å². The third kappa shape index (κ3) is 5.43. The Hall–Kier alpha value is -4.72. The van der Waals surface area contributed by atoms with Crippen LogP contribution in [0.1, 0.15) is 25.2 Å². The number of anilines is 1. The number of rotatable bonds is 9. The molecule has 0 saturated heterocycles. The van der Waals surface area contributed by atoms with Crippen LogP contribution < -0.4 is 10.6 Å². The molecule has 8 heteroatoms. The second-order valence-corrected chi connectivity index (χ2v) is 8.96. The molecule has 0 aliphatic carbocycles. The molecule has 0 spiro atoms. The standard InChI is InChI=1S/C29H31N7O/c1-7-8-23(18(4)11-12-30-6)26-19(5)32-28(34-26)27-24-14-20(9-10-25(24)35-36-27)21-13-22(16-31-15-21)33-29(37)17(2)3/h7-17,30H,1,4H2,2-3,5-6H3,(H,32,34)(H,33,37)(H,35,36)/b12-11-,23-8-. The van der Waals surface area contributed by atoms with E-state index in [2.05, 4.69) is 44.0 Å². The molecule has 8 nitrogen and oxygen atoms in total. The number of aryl methyl sites for hydroxylation is 1. The van der Waals surface area contributed by atoms with E-state index in [-0.39, 0.29) is 11.8 Å². The Balaban J connectivity index is 1.73. The van der Waals surface area contributed by atoms with Gasteiger partial charge in [0.2, 0.25) is 5.91 Å². The Bertz CT molecular complexity index is 1530. The predicted molar refractivity (Wildman–Crippen MR) is 151 cm³/mol. The Kier molecular flexibility index (Phi) is 7.48. The average molecular weight is 494 g/mol. The first-order valence-corrected chi connectivity index (χ1v) is 12.0. The van der Waals surface area contributed by atoms with E-state index in [1.54, 1.807) is 18.5 Å². The van der Waals surface area contributed by atoms with Crippen LogP contribution in [0.3, 0.4) is 0 Å². The van der Waals surface area contributed by atoms with Crippen molar-refractivity contribution >= 4 is 28.1 Å². The molecule has 0 bridgehead atoms. The number of allylic oxidation sites excluding steroid dienone is 5. The van der Waals surface area contributed by atoms with E-state index in [1.807, 2.05) is 70.4 Å². The number of pyridine rings is 1. The molecule has 3 heterocycles. The molecule has 4 rings (SSSR count). The first kappa shape index (κ1) is 25.4. The lowest BCUT2D eigenvalue weighted by molar-refractivity contribution is -0.118. The SMILES string of the molecule is C=C/C=C(/C(=C)/C=C\NC)c1nc(-c2n[nH]c3ccc(-c4cncc(NC(=O)C(C)C)c4)cc23)[nH]c1C. The number of amides is 1. The van der Waals surface area contributed by atoms with Crippen LogP contribution in [0, 0.1) is 12.8 Å². The average Bonchev–Trinajstić information content (AvgIpc) is 3.48. The number of imidazole rings is 1. The topological polar surface area (TPSA) is 111 Å². The summed E-state index contributed by atoms with van der Waals surface area (Å²) in [4.78, 5) is 24.7. The molecule has 0 radical (unpaired) electrons. The molecule has 1 aromatic carbocycles. The molecule has 37 heavy (non-hydrogen) atoms. The summed E-state index contributed by atoms with van der Waals surface area (Å²) in [6, 6.07) is 7.94. The van der Waals surface area contributed by atoms with Crippen LogP contribution in [0.2, 0.25) is 0 Å². The summed E-state index contributed by atoms with van der Waals surface area (Å²) in [7, 11) is 1.84. The van der Waals surface area contributed by atoms with Gasteiger partial charge in [-0.15, -0.1) is 0 Å². The maximum Gasteiger partial charge on any atom is 0.226 e. The van der Waals surface area contributed by atoms with Gasteiger partial charge in [0.1, 0.15) is 5.69 Å². The maximum absolute atomic E-state index is 12.1. The number of H-pyrrole nitrogens is 2. The highest BCUT2D eigenvalue weighted by molar-refractivity contribution is 5.96. The molecule has 4 N–H and O–H groups in total. The summed E-state index contributed by atoms with van der Waals surface area (Å²) in [5.74, 6) is 0.477. The van der Waals surface area contributed by atoms with Gasteiger partial charge in [0.15, 0.2) is 5.82 Å². The largest absolute Gasteiger partial charge is 0.394 e.